The predicted molar refractivity (Wildman–Crippen MR) is 170 cm³/mol. The zero-order chi connectivity index (χ0) is 28.9. The van der Waals surface area contributed by atoms with E-state index in [0.717, 1.165) is 21.9 Å². The maximum atomic E-state index is 10.8. The standard InChI is InChI=1S/C37H30BO3S/c1-35(2,39)36(3,4)41-38-28-17-11-16-26-32(28)22-12-5-7-14-24(22)37(26)25-15-8-6-13-23(25)33-27(37)20-21-30-34(33)42-31-19-10-9-18-29(31)40-30/h5-21,39H,1-4H3. The van der Waals surface area contributed by atoms with Gasteiger partial charge in [0.2, 0.25) is 0 Å². The van der Waals surface area contributed by atoms with Crippen LogP contribution in [0, 0.1) is 0 Å². The van der Waals surface area contributed by atoms with Gasteiger partial charge in [-0.15, -0.1) is 0 Å². The highest BCUT2D eigenvalue weighted by Crippen LogP contribution is 2.65. The topological polar surface area (TPSA) is 38.7 Å². The summed E-state index contributed by atoms with van der Waals surface area (Å²) >= 11 is 1.80. The van der Waals surface area contributed by atoms with Crippen LogP contribution in [0.5, 0.6) is 11.5 Å². The molecule has 0 aromatic heterocycles. The van der Waals surface area contributed by atoms with Crippen LogP contribution in [0.15, 0.2) is 113 Å². The van der Waals surface area contributed by atoms with Gasteiger partial charge in [-0.1, -0.05) is 96.7 Å². The van der Waals surface area contributed by atoms with Gasteiger partial charge in [0, 0.05) is 5.56 Å². The summed E-state index contributed by atoms with van der Waals surface area (Å²) in [7, 11) is 1.84. The smallest absolute Gasteiger partial charge is 0.331 e. The van der Waals surface area contributed by atoms with Crippen LogP contribution >= 0.6 is 11.8 Å². The van der Waals surface area contributed by atoms with E-state index in [9.17, 15) is 5.11 Å². The van der Waals surface area contributed by atoms with E-state index in [4.69, 9.17) is 9.39 Å². The molecule has 1 heterocycles. The van der Waals surface area contributed by atoms with Crippen LogP contribution in [0.2, 0.25) is 0 Å². The van der Waals surface area contributed by atoms with Crippen LogP contribution in [0.25, 0.3) is 22.3 Å². The van der Waals surface area contributed by atoms with Crippen LogP contribution in [0.1, 0.15) is 49.9 Å². The Bertz CT molecular complexity index is 1920. The Labute approximate surface area is 251 Å². The average Bonchev–Trinajstić information content (AvgIpc) is 3.46. The molecule has 0 bridgehead atoms. The Morgan fingerprint density at radius 1 is 0.667 bits per heavy atom. The summed E-state index contributed by atoms with van der Waals surface area (Å²) in [5.41, 5.74) is 8.71. The number of hydrogen-bond donors (Lipinski definition) is 1. The van der Waals surface area contributed by atoms with Crippen molar-refractivity contribution in [2.45, 2.75) is 54.1 Å². The molecule has 0 fully saturated rings. The van der Waals surface area contributed by atoms with E-state index >= 15 is 0 Å². The minimum absolute atomic E-state index is 0.472. The van der Waals surface area contributed by atoms with Crippen LogP contribution < -0.4 is 10.2 Å². The molecule has 5 aromatic carbocycles. The molecule has 8 rings (SSSR count). The third-order valence-corrected chi connectivity index (χ3v) is 10.6. The molecule has 3 aliphatic rings. The van der Waals surface area contributed by atoms with Crippen LogP contribution in [-0.2, 0) is 10.1 Å². The van der Waals surface area contributed by atoms with Gasteiger partial charge in [0.05, 0.1) is 26.4 Å². The van der Waals surface area contributed by atoms with E-state index < -0.39 is 16.6 Å². The fourth-order valence-corrected chi connectivity index (χ4v) is 7.84. The van der Waals surface area contributed by atoms with E-state index in [2.05, 4.69) is 91.0 Å². The number of ether oxygens (including phenoxy) is 1. The molecule has 0 saturated heterocycles. The molecule has 5 heteroatoms. The molecular weight excluding hydrogens is 535 g/mol. The molecule has 205 valence electrons. The van der Waals surface area contributed by atoms with Gasteiger partial charge in [0.25, 0.3) is 0 Å². The first-order valence-corrected chi connectivity index (χ1v) is 15.2. The van der Waals surface area contributed by atoms with Gasteiger partial charge >= 0.3 is 7.48 Å². The van der Waals surface area contributed by atoms with Gasteiger partial charge in [-0.2, -0.15) is 0 Å². The second-order valence-electron chi connectivity index (χ2n) is 12.4. The van der Waals surface area contributed by atoms with Crippen molar-refractivity contribution in [3.05, 3.63) is 125 Å². The van der Waals surface area contributed by atoms with Crippen molar-refractivity contribution in [1.29, 1.82) is 0 Å². The van der Waals surface area contributed by atoms with Gasteiger partial charge in [0.1, 0.15) is 11.5 Å². The van der Waals surface area contributed by atoms with Crippen LogP contribution in [-0.4, -0.2) is 23.8 Å². The number of rotatable bonds is 4. The van der Waals surface area contributed by atoms with Gasteiger partial charge < -0.3 is 14.5 Å². The zero-order valence-electron chi connectivity index (χ0n) is 24.1. The lowest BCUT2D eigenvalue weighted by molar-refractivity contribution is -0.0893. The summed E-state index contributed by atoms with van der Waals surface area (Å²) in [5.74, 6) is 1.81. The number of para-hydroxylation sites is 1. The highest BCUT2D eigenvalue weighted by Gasteiger charge is 2.53. The van der Waals surface area contributed by atoms with Gasteiger partial charge in [0.15, 0.2) is 0 Å². The summed E-state index contributed by atoms with van der Waals surface area (Å²) in [5, 5.41) is 10.8. The molecule has 1 N–H and O–H groups in total. The second-order valence-corrected chi connectivity index (χ2v) is 13.4. The van der Waals surface area contributed by atoms with E-state index in [-0.39, 0.29) is 0 Å². The lowest BCUT2D eigenvalue weighted by Crippen LogP contribution is -2.49. The van der Waals surface area contributed by atoms with Gasteiger partial charge in [-0.05, 0) is 90.3 Å². The minimum Gasteiger partial charge on any atom is -0.455 e. The van der Waals surface area contributed by atoms with E-state index in [1.165, 1.54) is 49.4 Å². The van der Waals surface area contributed by atoms with Crippen molar-refractivity contribution in [2.24, 2.45) is 0 Å². The highest BCUT2D eigenvalue weighted by molar-refractivity contribution is 7.99. The molecule has 1 spiro atoms. The van der Waals surface area contributed by atoms with Crippen LogP contribution in [0.3, 0.4) is 0 Å². The molecule has 3 nitrogen and oxygen atoms in total. The van der Waals surface area contributed by atoms with Gasteiger partial charge in [-0.3, -0.25) is 0 Å². The highest BCUT2D eigenvalue weighted by atomic mass is 32.2. The number of hydrogen-bond acceptors (Lipinski definition) is 4. The minimum atomic E-state index is -1.01. The fourth-order valence-electron chi connectivity index (χ4n) is 6.74. The summed E-state index contributed by atoms with van der Waals surface area (Å²) < 4.78 is 12.8. The van der Waals surface area contributed by atoms with Gasteiger partial charge in [-0.25, -0.2) is 0 Å². The summed E-state index contributed by atoms with van der Waals surface area (Å²) in [6.45, 7) is 7.42. The lowest BCUT2D eigenvalue weighted by Gasteiger charge is -2.37. The van der Waals surface area contributed by atoms with Crippen molar-refractivity contribution in [2.75, 3.05) is 0 Å². The third kappa shape index (κ3) is 3.39. The zero-order valence-corrected chi connectivity index (χ0v) is 24.9. The van der Waals surface area contributed by atoms with Crippen molar-refractivity contribution in [3.63, 3.8) is 0 Å². The molecule has 2 aliphatic carbocycles. The SMILES string of the molecule is CC(C)(O)C(C)(C)O[B]c1cccc2c1-c1ccccc1C21c2ccccc2-c2c1ccc1c2Sc2ccccc2O1. The first kappa shape index (κ1) is 25.9. The average molecular weight is 566 g/mol. The van der Waals surface area contributed by atoms with E-state index in [1.807, 2.05) is 33.5 Å². The second kappa shape index (κ2) is 8.87. The van der Waals surface area contributed by atoms with Crippen LogP contribution in [0.4, 0.5) is 0 Å². The van der Waals surface area contributed by atoms with Crippen molar-refractivity contribution >= 4 is 24.7 Å². The first-order valence-electron chi connectivity index (χ1n) is 14.4. The quantitative estimate of drug-likeness (QED) is 0.219. The molecule has 1 aliphatic heterocycles. The molecule has 0 amide bonds. The molecule has 42 heavy (non-hydrogen) atoms. The Balaban J connectivity index is 1.38. The molecule has 5 aromatic rings. The Hall–Kier alpha value is -3.77. The Morgan fingerprint density at radius 2 is 1.29 bits per heavy atom. The fraction of sp³-hybridized carbons (Fsp3) is 0.189. The molecule has 1 unspecified atom stereocenters. The molecule has 0 saturated carbocycles. The molecule has 1 atom stereocenters. The number of fused-ring (bicyclic) bond motifs is 13. The Kier molecular flexibility index (Phi) is 5.47. The summed E-state index contributed by atoms with van der Waals surface area (Å²) in [6, 6.07) is 36.8. The summed E-state index contributed by atoms with van der Waals surface area (Å²) in [6.07, 6.45) is 0. The molecular formula is C37H30BO3S. The van der Waals surface area contributed by atoms with E-state index in [0.29, 0.717) is 0 Å². The predicted octanol–water partition coefficient (Wildman–Crippen LogP) is 8.10. The largest absolute Gasteiger partial charge is 0.455 e. The van der Waals surface area contributed by atoms with Crippen molar-refractivity contribution in [1.82, 2.24) is 0 Å². The Morgan fingerprint density at radius 3 is 2.02 bits per heavy atom. The first-order chi connectivity index (χ1) is 20.2. The third-order valence-electron chi connectivity index (χ3n) is 9.46. The summed E-state index contributed by atoms with van der Waals surface area (Å²) in [4.78, 5) is 2.30. The van der Waals surface area contributed by atoms with E-state index in [1.54, 1.807) is 25.6 Å². The lowest BCUT2D eigenvalue weighted by atomic mass is 9.69. The van der Waals surface area contributed by atoms with Crippen molar-refractivity contribution in [3.8, 4) is 33.8 Å². The monoisotopic (exact) mass is 565 g/mol. The van der Waals surface area contributed by atoms with Crippen molar-refractivity contribution < 1.29 is 14.5 Å². The molecule has 1 radical (unpaired) electrons. The number of aliphatic hydroxyl groups is 1. The maximum absolute atomic E-state index is 10.8. The number of benzene rings is 5. The maximum Gasteiger partial charge on any atom is 0.331 e. The normalized spacial score (nSPS) is 17.5.